The number of benzene rings is 2. The molecule has 4 N–H and O–H groups in total. The van der Waals surface area contributed by atoms with Gasteiger partial charge in [-0.25, -0.2) is 19.6 Å². The summed E-state index contributed by atoms with van der Waals surface area (Å²) in [4.78, 5) is 71.5. The second kappa shape index (κ2) is 17.4. The van der Waals surface area contributed by atoms with Crippen molar-refractivity contribution >= 4 is 35.6 Å². The van der Waals surface area contributed by atoms with Gasteiger partial charge in [0.15, 0.2) is 0 Å². The smallest absolute Gasteiger partial charge is 0.407 e. The number of likely N-dealkylation sites (tertiary alicyclic amines) is 2. The molecule has 2 aliphatic heterocycles. The Bertz CT molecular complexity index is 2060. The average Bonchev–Trinajstić information content (AvgIpc) is 4.01. The number of halogens is 1. The predicted octanol–water partition coefficient (Wildman–Crippen LogP) is 7.65. The van der Waals surface area contributed by atoms with E-state index in [4.69, 9.17) is 31.0 Å². The molecular formula is C42H53ClN8O6. The molecule has 0 saturated carbocycles. The summed E-state index contributed by atoms with van der Waals surface area (Å²) in [6.07, 6.45) is 3.60. The van der Waals surface area contributed by atoms with E-state index in [0.717, 1.165) is 47.2 Å². The number of amides is 4. The normalized spacial score (nSPS) is 20.5. The molecule has 2 saturated heterocycles. The van der Waals surface area contributed by atoms with Crippen LogP contribution >= 0.6 is 11.6 Å². The van der Waals surface area contributed by atoms with E-state index in [-0.39, 0.29) is 47.8 Å². The molecule has 0 radical (unpaired) electrons. The first-order valence-corrected chi connectivity index (χ1v) is 19.9. The monoisotopic (exact) mass is 800 g/mol. The van der Waals surface area contributed by atoms with Crippen molar-refractivity contribution in [3.8, 4) is 33.6 Å². The van der Waals surface area contributed by atoms with E-state index in [1.165, 1.54) is 14.2 Å². The van der Waals surface area contributed by atoms with Crippen LogP contribution in [0.5, 0.6) is 0 Å². The third-order valence-electron chi connectivity index (χ3n) is 11.2. The lowest BCUT2D eigenvalue weighted by Crippen LogP contribution is -2.52. The number of methoxy groups -OCH3 is 2. The zero-order chi connectivity index (χ0) is 41.1. The van der Waals surface area contributed by atoms with Crippen molar-refractivity contribution in [1.29, 1.82) is 0 Å². The minimum Gasteiger partial charge on any atom is -0.453 e. The quantitative estimate of drug-likeness (QED) is 0.120. The Balaban J connectivity index is 1.15. The third kappa shape index (κ3) is 8.65. The van der Waals surface area contributed by atoms with E-state index in [1.54, 1.807) is 11.1 Å². The second-order valence-corrected chi connectivity index (χ2v) is 16.1. The molecule has 4 heterocycles. The number of carbonyl (C=O) groups excluding carboxylic acids is 4. The van der Waals surface area contributed by atoms with E-state index in [1.807, 2.05) is 82.8 Å². The predicted molar refractivity (Wildman–Crippen MR) is 217 cm³/mol. The van der Waals surface area contributed by atoms with Gasteiger partial charge in [0.25, 0.3) is 0 Å². The Kier molecular flexibility index (Phi) is 12.6. The number of rotatable bonds is 11. The highest BCUT2D eigenvalue weighted by atomic mass is 35.5. The zero-order valence-electron chi connectivity index (χ0n) is 33.8. The van der Waals surface area contributed by atoms with E-state index in [9.17, 15) is 19.2 Å². The fourth-order valence-corrected chi connectivity index (χ4v) is 8.25. The van der Waals surface area contributed by atoms with Gasteiger partial charge in [0.2, 0.25) is 11.8 Å². The maximum atomic E-state index is 13.8. The maximum Gasteiger partial charge on any atom is 0.407 e. The van der Waals surface area contributed by atoms with Gasteiger partial charge in [0.1, 0.15) is 34.6 Å². The Hall–Kier alpha value is -5.37. The van der Waals surface area contributed by atoms with Gasteiger partial charge in [-0.1, -0.05) is 87.8 Å². The summed E-state index contributed by atoms with van der Waals surface area (Å²) in [7, 11) is 2.57. The number of H-pyrrole nitrogens is 2. The number of hydrogen-bond donors (Lipinski definition) is 4. The topological polar surface area (TPSA) is 175 Å². The fourth-order valence-electron chi connectivity index (χ4n) is 8.00. The number of aromatic amines is 2. The lowest BCUT2D eigenvalue weighted by atomic mass is 10.0. The van der Waals surface area contributed by atoms with E-state index in [0.29, 0.717) is 28.9 Å². The summed E-state index contributed by atoms with van der Waals surface area (Å²) in [5.41, 5.74) is 5.26. The van der Waals surface area contributed by atoms with Crippen LogP contribution in [0.4, 0.5) is 9.59 Å². The van der Waals surface area contributed by atoms with Crippen molar-refractivity contribution in [2.45, 2.75) is 103 Å². The number of nitrogens with one attached hydrogen (secondary N) is 4. The standard InChI is InChI=1S/C42H53ClN8O6/c1-22(2)33(47-41(54)56-7)39(52)50-24(5)9-19-31(50)37-44-21-30(45-37)28-15-11-26(12-16-28)27-13-17-29(18-14-27)35-36(43)49-38(46-35)32-20-10-25(6)51(32)40(53)34(23(3)4)48-42(55)57-8/h11-18,21-25,31-34H,9-10,19-20H2,1-8H3,(H,44,45)(H,46,49)(H,47,54)(H,48,55). The van der Waals surface area contributed by atoms with Crippen molar-refractivity contribution in [2.75, 3.05) is 14.2 Å². The third-order valence-corrected chi connectivity index (χ3v) is 11.5. The molecule has 304 valence electrons. The molecule has 2 aromatic carbocycles. The highest BCUT2D eigenvalue weighted by Crippen LogP contribution is 2.39. The highest BCUT2D eigenvalue weighted by molar-refractivity contribution is 6.31. The summed E-state index contributed by atoms with van der Waals surface area (Å²) in [5.74, 6) is 0.707. The van der Waals surface area contributed by atoms with Gasteiger partial charge < -0.3 is 39.9 Å². The van der Waals surface area contributed by atoms with E-state index in [2.05, 4.69) is 32.7 Å². The molecule has 6 atom stereocenters. The van der Waals surface area contributed by atoms with Crippen LogP contribution in [0.3, 0.4) is 0 Å². The molecule has 14 nitrogen and oxygen atoms in total. The average molecular weight is 801 g/mol. The molecule has 0 aliphatic carbocycles. The Morgan fingerprint density at radius 2 is 1.12 bits per heavy atom. The van der Waals surface area contributed by atoms with E-state index < -0.39 is 24.3 Å². The summed E-state index contributed by atoms with van der Waals surface area (Å²) in [5, 5.41) is 5.80. The molecule has 0 bridgehead atoms. The number of nitrogens with zero attached hydrogens (tertiary/aromatic N) is 4. The minimum atomic E-state index is -0.741. The number of alkyl carbamates (subject to hydrolysis) is 2. The molecule has 2 aliphatic rings. The number of imidazole rings is 2. The molecule has 4 aromatic rings. The summed E-state index contributed by atoms with van der Waals surface area (Å²) < 4.78 is 9.56. The summed E-state index contributed by atoms with van der Waals surface area (Å²) in [6.45, 7) is 11.6. The van der Waals surface area contributed by atoms with Crippen molar-refractivity contribution in [3.63, 3.8) is 0 Å². The van der Waals surface area contributed by atoms with Gasteiger partial charge in [-0.2, -0.15) is 0 Å². The molecule has 57 heavy (non-hydrogen) atoms. The van der Waals surface area contributed by atoms with Crippen molar-refractivity contribution < 1.29 is 28.7 Å². The molecular weight excluding hydrogens is 748 g/mol. The number of carbonyl (C=O) groups is 4. The van der Waals surface area contributed by atoms with Crippen LogP contribution in [0.2, 0.25) is 5.15 Å². The first-order valence-electron chi connectivity index (χ1n) is 19.6. The second-order valence-electron chi connectivity index (χ2n) is 15.7. The van der Waals surface area contributed by atoms with Gasteiger partial charge in [-0.3, -0.25) is 9.59 Å². The first-order chi connectivity index (χ1) is 27.2. The fraction of sp³-hybridized carbons (Fsp3) is 0.476. The number of hydrogen-bond acceptors (Lipinski definition) is 8. The van der Waals surface area contributed by atoms with Crippen LogP contribution in [0.15, 0.2) is 54.7 Å². The van der Waals surface area contributed by atoms with Crippen molar-refractivity contribution in [3.05, 3.63) is 71.5 Å². The van der Waals surface area contributed by atoms with Crippen molar-refractivity contribution in [1.82, 2.24) is 40.4 Å². The Morgan fingerprint density at radius 1 is 0.684 bits per heavy atom. The summed E-state index contributed by atoms with van der Waals surface area (Å²) in [6, 6.07) is 14.1. The molecule has 2 aromatic heterocycles. The summed E-state index contributed by atoms with van der Waals surface area (Å²) >= 11 is 6.74. The van der Waals surface area contributed by atoms with Crippen molar-refractivity contribution in [2.24, 2.45) is 11.8 Å². The molecule has 6 unspecified atom stereocenters. The van der Waals surface area contributed by atoms with Gasteiger partial charge in [-0.15, -0.1) is 0 Å². The van der Waals surface area contributed by atoms with Crippen LogP contribution in [-0.2, 0) is 19.1 Å². The lowest BCUT2D eigenvalue weighted by Gasteiger charge is -2.32. The van der Waals surface area contributed by atoms with Crippen LogP contribution in [0.1, 0.15) is 91.0 Å². The number of aromatic nitrogens is 4. The van der Waals surface area contributed by atoms with Crippen LogP contribution in [0.25, 0.3) is 33.6 Å². The highest BCUT2D eigenvalue weighted by Gasteiger charge is 2.43. The van der Waals surface area contributed by atoms with Gasteiger partial charge >= 0.3 is 12.2 Å². The Morgan fingerprint density at radius 3 is 1.58 bits per heavy atom. The first kappa shape index (κ1) is 41.3. The van der Waals surface area contributed by atoms with Gasteiger partial charge in [0, 0.05) is 17.6 Å². The van der Waals surface area contributed by atoms with Gasteiger partial charge in [0.05, 0.1) is 38.2 Å². The Labute approximate surface area is 338 Å². The molecule has 15 heteroatoms. The molecule has 6 rings (SSSR count). The van der Waals surface area contributed by atoms with Crippen LogP contribution < -0.4 is 10.6 Å². The molecule has 0 spiro atoms. The lowest BCUT2D eigenvalue weighted by molar-refractivity contribution is -0.138. The van der Waals surface area contributed by atoms with Crippen LogP contribution in [0, 0.1) is 11.8 Å². The van der Waals surface area contributed by atoms with Crippen LogP contribution in [-0.4, -0.2) is 92.1 Å². The zero-order valence-corrected chi connectivity index (χ0v) is 34.5. The van der Waals surface area contributed by atoms with Gasteiger partial charge in [-0.05, 0) is 68.1 Å². The minimum absolute atomic E-state index is 0.00785. The van der Waals surface area contributed by atoms with E-state index >= 15 is 0 Å². The molecule has 4 amide bonds. The number of ether oxygens (including phenoxy) is 2. The maximum absolute atomic E-state index is 13.8. The SMILES string of the molecule is COC(=O)NC(C(=O)N1C(C)CCC1c1ncc(-c2ccc(-c3ccc(-c4nc(C5CCC(C)N5C(=O)C(NC(=O)OC)C(C)C)[nH]c4Cl)cc3)cc2)[nH]1)C(C)C. The molecule has 2 fully saturated rings. The largest absolute Gasteiger partial charge is 0.453 e.